The first kappa shape index (κ1) is 15.2. The second-order valence-electron chi connectivity index (χ2n) is 6.64. The van der Waals surface area contributed by atoms with Gasteiger partial charge in [-0.25, -0.2) is 0 Å². The Bertz CT molecular complexity index is 259. The summed E-state index contributed by atoms with van der Waals surface area (Å²) in [5.74, 6) is 0. The summed E-state index contributed by atoms with van der Waals surface area (Å²) >= 11 is 0. The van der Waals surface area contributed by atoms with Crippen molar-refractivity contribution in [1.82, 2.24) is 15.1 Å². The molecule has 2 heterocycles. The standard InChI is InChI=1S/C15H31N3O/c1-16-12-15(6-9-19-10-7-15)13-18-8-4-5-14(11-18)17(2)3/h14,16H,4-13H2,1-3H3. The zero-order chi connectivity index (χ0) is 13.7. The van der Waals surface area contributed by atoms with Gasteiger partial charge in [-0.15, -0.1) is 0 Å². The van der Waals surface area contributed by atoms with Crippen LogP contribution >= 0.6 is 0 Å². The molecule has 19 heavy (non-hydrogen) atoms. The van der Waals surface area contributed by atoms with Gasteiger partial charge in [-0.2, -0.15) is 0 Å². The van der Waals surface area contributed by atoms with Gasteiger partial charge in [-0.1, -0.05) is 0 Å². The van der Waals surface area contributed by atoms with Crippen LogP contribution < -0.4 is 5.32 Å². The van der Waals surface area contributed by atoms with Crippen molar-refractivity contribution in [1.29, 1.82) is 0 Å². The highest BCUT2D eigenvalue weighted by atomic mass is 16.5. The Hall–Kier alpha value is -0.160. The van der Waals surface area contributed by atoms with Gasteiger partial charge in [0.1, 0.15) is 0 Å². The Morgan fingerprint density at radius 1 is 1.32 bits per heavy atom. The SMILES string of the molecule is CNCC1(CN2CCCC(N(C)C)C2)CCOCC1. The first-order valence-electron chi connectivity index (χ1n) is 7.76. The van der Waals surface area contributed by atoms with Crippen LogP contribution in [0.5, 0.6) is 0 Å². The molecular weight excluding hydrogens is 238 g/mol. The van der Waals surface area contributed by atoms with E-state index in [1.54, 1.807) is 0 Å². The molecule has 112 valence electrons. The van der Waals surface area contributed by atoms with Crippen molar-refractivity contribution in [2.75, 3.05) is 60.5 Å². The second kappa shape index (κ2) is 7.02. The van der Waals surface area contributed by atoms with E-state index in [-0.39, 0.29) is 0 Å². The van der Waals surface area contributed by atoms with Gasteiger partial charge in [0.05, 0.1) is 0 Å². The molecule has 0 radical (unpaired) electrons. The quantitative estimate of drug-likeness (QED) is 0.807. The Balaban J connectivity index is 1.92. The molecule has 1 unspecified atom stereocenters. The molecule has 4 heteroatoms. The van der Waals surface area contributed by atoms with Gasteiger partial charge < -0.3 is 19.9 Å². The molecule has 0 saturated carbocycles. The monoisotopic (exact) mass is 269 g/mol. The minimum absolute atomic E-state index is 0.432. The van der Waals surface area contributed by atoms with E-state index in [2.05, 4.69) is 36.3 Å². The van der Waals surface area contributed by atoms with Crippen LogP contribution in [-0.4, -0.2) is 76.4 Å². The van der Waals surface area contributed by atoms with Crippen molar-refractivity contribution in [2.45, 2.75) is 31.7 Å². The molecule has 2 aliphatic heterocycles. The summed E-state index contributed by atoms with van der Waals surface area (Å²) in [6.45, 7) is 6.75. The molecule has 0 spiro atoms. The van der Waals surface area contributed by atoms with Crippen molar-refractivity contribution in [2.24, 2.45) is 5.41 Å². The minimum Gasteiger partial charge on any atom is -0.381 e. The highest BCUT2D eigenvalue weighted by Gasteiger charge is 2.35. The zero-order valence-corrected chi connectivity index (χ0v) is 13.0. The molecule has 1 atom stereocenters. The summed E-state index contributed by atoms with van der Waals surface area (Å²) in [7, 11) is 6.51. The topological polar surface area (TPSA) is 27.7 Å². The molecule has 2 fully saturated rings. The molecule has 0 amide bonds. The van der Waals surface area contributed by atoms with E-state index in [1.165, 1.54) is 45.3 Å². The van der Waals surface area contributed by atoms with Crippen LogP contribution in [0.3, 0.4) is 0 Å². The lowest BCUT2D eigenvalue weighted by molar-refractivity contribution is -0.0119. The van der Waals surface area contributed by atoms with Gasteiger partial charge >= 0.3 is 0 Å². The average Bonchev–Trinajstić information content (AvgIpc) is 2.40. The van der Waals surface area contributed by atoms with Crippen molar-refractivity contribution in [3.63, 3.8) is 0 Å². The van der Waals surface area contributed by atoms with E-state index in [4.69, 9.17) is 4.74 Å². The first-order chi connectivity index (χ1) is 9.15. The number of ether oxygens (including phenoxy) is 1. The predicted molar refractivity (Wildman–Crippen MR) is 79.6 cm³/mol. The van der Waals surface area contributed by atoms with Gasteiger partial charge in [-0.05, 0) is 58.8 Å². The maximum atomic E-state index is 5.57. The normalized spacial score (nSPS) is 28.7. The van der Waals surface area contributed by atoms with Crippen LogP contribution in [0.4, 0.5) is 0 Å². The van der Waals surface area contributed by atoms with Crippen molar-refractivity contribution in [3.05, 3.63) is 0 Å². The van der Waals surface area contributed by atoms with Crippen molar-refractivity contribution >= 4 is 0 Å². The van der Waals surface area contributed by atoms with Crippen LogP contribution in [0, 0.1) is 5.41 Å². The lowest BCUT2D eigenvalue weighted by atomic mass is 9.79. The number of rotatable bonds is 5. The van der Waals surface area contributed by atoms with Gasteiger partial charge in [0.15, 0.2) is 0 Å². The number of nitrogens with zero attached hydrogens (tertiary/aromatic N) is 2. The van der Waals surface area contributed by atoms with E-state index < -0.39 is 0 Å². The fraction of sp³-hybridized carbons (Fsp3) is 1.00. The summed E-state index contributed by atoms with van der Waals surface area (Å²) in [6, 6.07) is 0.736. The lowest BCUT2D eigenvalue weighted by Gasteiger charge is -2.44. The number of hydrogen-bond acceptors (Lipinski definition) is 4. The van der Waals surface area contributed by atoms with Gasteiger partial charge in [0.25, 0.3) is 0 Å². The zero-order valence-electron chi connectivity index (χ0n) is 13.0. The van der Waals surface area contributed by atoms with E-state index in [1.807, 2.05) is 0 Å². The summed E-state index contributed by atoms with van der Waals surface area (Å²) < 4.78 is 5.57. The summed E-state index contributed by atoms with van der Waals surface area (Å²) in [5.41, 5.74) is 0.432. The average molecular weight is 269 g/mol. The number of piperidine rings is 1. The molecule has 0 aromatic rings. The maximum absolute atomic E-state index is 5.57. The molecule has 1 N–H and O–H groups in total. The fourth-order valence-corrected chi connectivity index (χ4v) is 3.64. The molecule has 2 aliphatic rings. The number of hydrogen-bond donors (Lipinski definition) is 1. The summed E-state index contributed by atoms with van der Waals surface area (Å²) in [6.07, 6.45) is 5.11. The third-order valence-corrected chi connectivity index (χ3v) is 4.88. The molecular formula is C15H31N3O. The number of likely N-dealkylation sites (N-methyl/N-ethyl adjacent to an activating group) is 1. The van der Waals surface area contributed by atoms with Crippen molar-refractivity contribution in [3.8, 4) is 0 Å². The molecule has 4 nitrogen and oxygen atoms in total. The minimum atomic E-state index is 0.432. The Kier molecular flexibility index (Phi) is 5.63. The van der Waals surface area contributed by atoms with Crippen LogP contribution in [0.1, 0.15) is 25.7 Å². The van der Waals surface area contributed by atoms with E-state index in [9.17, 15) is 0 Å². The maximum Gasteiger partial charge on any atom is 0.0472 e. The van der Waals surface area contributed by atoms with Crippen LogP contribution in [-0.2, 0) is 4.74 Å². The molecule has 0 aliphatic carbocycles. The molecule has 0 aromatic carbocycles. The lowest BCUT2D eigenvalue weighted by Crippen LogP contribution is -2.52. The van der Waals surface area contributed by atoms with E-state index in [0.717, 1.165) is 25.8 Å². The molecule has 2 saturated heterocycles. The van der Waals surface area contributed by atoms with Crippen LogP contribution in [0.25, 0.3) is 0 Å². The summed E-state index contributed by atoms with van der Waals surface area (Å²) in [4.78, 5) is 5.08. The highest BCUT2D eigenvalue weighted by Crippen LogP contribution is 2.32. The first-order valence-corrected chi connectivity index (χ1v) is 7.76. The molecule has 0 aromatic heterocycles. The predicted octanol–water partition coefficient (Wildman–Crippen LogP) is 1.03. The Morgan fingerprint density at radius 3 is 2.68 bits per heavy atom. The molecule has 2 rings (SSSR count). The van der Waals surface area contributed by atoms with E-state index in [0.29, 0.717) is 5.41 Å². The fourth-order valence-electron chi connectivity index (χ4n) is 3.64. The third kappa shape index (κ3) is 4.15. The third-order valence-electron chi connectivity index (χ3n) is 4.88. The Morgan fingerprint density at radius 2 is 2.05 bits per heavy atom. The highest BCUT2D eigenvalue weighted by molar-refractivity contribution is 4.89. The number of nitrogens with one attached hydrogen (secondary N) is 1. The van der Waals surface area contributed by atoms with Crippen molar-refractivity contribution < 1.29 is 4.74 Å². The van der Waals surface area contributed by atoms with Gasteiger partial charge in [-0.3, -0.25) is 0 Å². The number of likely N-dealkylation sites (tertiary alicyclic amines) is 1. The second-order valence-corrected chi connectivity index (χ2v) is 6.64. The van der Waals surface area contributed by atoms with Gasteiger partial charge in [0, 0.05) is 38.9 Å². The van der Waals surface area contributed by atoms with Crippen LogP contribution in [0.2, 0.25) is 0 Å². The molecule has 0 bridgehead atoms. The van der Waals surface area contributed by atoms with Crippen LogP contribution in [0.15, 0.2) is 0 Å². The van der Waals surface area contributed by atoms with E-state index >= 15 is 0 Å². The summed E-state index contributed by atoms with van der Waals surface area (Å²) in [5, 5.41) is 3.41. The smallest absolute Gasteiger partial charge is 0.0472 e. The van der Waals surface area contributed by atoms with Gasteiger partial charge in [0.2, 0.25) is 0 Å². The Labute approximate surface area is 118 Å². The largest absolute Gasteiger partial charge is 0.381 e.